The first-order valence-corrected chi connectivity index (χ1v) is 17.9. The number of benzene rings is 8. The average Bonchev–Trinajstić information content (AvgIpc) is 3.73. The summed E-state index contributed by atoms with van der Waals surface area (Å²) in [6.07, 6.45) is 0. The molecule has 11 rings (SSSR count). The van der Waals surface area contributed by atoms with Gasteiger partial charge in [0.25, 0.3) is 0 Å². The summed E-state index contributed by atoms with van der Waals surface area (Å²) in [5, 5.41) is 2.25. The Morgan fingerprint density at radius 3 is 1.92 bits per heavy atom. The predicted molar refractivity (Wildman–Crippen MR) is 214 cm³/mol. The van der Waals surface area contributed by atoms with Gasteiger partial charge >= 0.3 is 0 Å². The lowest BCUT2D eigenvalue weighted by Crippen LogP contribution is -2.36. The van der Waals surface area contributed by atoms with Crippen LogP contribution in [0.15, 0.2) is 199 Å². The van der Waals surface area contributed by atoms with Crippen LogP contribution in [0, 0.1) is 0 Å². The number of fused-ring (bicyclic) bond motifs is 8. The van der Waals surface area contributed by atoms with Gasteiger partial charge < -0.3 is 14.2 Å². The van der Waals surface area contributed by atoms with Crippen molar-refractivity contribution in [3.8, 4) is 11.1 Å². The maximum absolute atomic E-state index is 6.41. The van der Waals surface area contributed by atoms with E-state index < -0.39 is 5.41 Å². The van der Waals surface area contributed by atoms with E-state index >= 15 is 0 Å². The summed E-state index contributed by atoms with van der Waals surface area (Å²) in [7, 11) is 0. The lowest BCUT2D eigenvalue weighted by molar-refractivity contribution is 0.669. The van der Waals surface area contributed by atoms with Crippen molar-refractivity contribution < 1.29 is 4.42 Å². The molecule has 0 bridgehead atoms. The van der Waals surface area contributed by atoms with Gasteiger partial charge in [0.15, 0.2) is 0 Å². The van der Waals surface area contributed by atoms with Gasteiger partial charge in [0.2, 0.25) is 0 Å². The van der Waals surface area contributed by atoms with Crippen LogP contribution in [0.1, 0.15) is 22.3 Å². The van der Waals surface area contributed by atoms with E-state index in [-0.39, 0.29) is 0 Å². The Morgan fingerprint density at radius 2 is 1.08 bits per heavy atom. The highest BCUT2D eigenvalue weighted by molar-refractivity contribution is 6.06. The van der Waals surface area contributed by atoms with E-state index in [1.807, 2.05) is 12.1 Å². The maximum Gasteiger partial charge on any atom is 0.137 e. The molecule has 0 amide bonds. The molecule has 1 aliphatic heterocycles. The minimum absolute atomic E-state index is 0.536. The summed E-state index contributed by atoms with van der Waals surface area (Å²) in [6, 6.07) is 70.3. The summed E-state index contributed by atoms with van der Waals surface area (Å²) in [4.78, 5) is 4.81. The van der Waals surface area contributed by atoms with Gasteiger partial charge in [-0.05, 0) is 94.5 Å². The van der Waals surface area contributed by atoms with E-state index in [1.165, 1.54) is 44.8 Å². The number of rotatable bonds is 5. The van der Waals surface area contributed by atoms with Gasteiger partial charge in [0, 0.05) is 45.2 Å². The minimum atomic E-state index is -0.536. The van der Waals surface area contributed by atoms with Crippen molar-refractivity contribution in [3.05, 3.63) is 216 Å². The molecule has 3 nitrogen and oxygen atoms in total. The second-order valence-electron chi connectivity index (χ2n) is 13.7. The van der Waals surface area contributed by atoms with Gasteiger partial charge in [-0.15, -0.1) is 0 Å². The van der Waals surface area contributed by atoms with E-state index in [1.54, 1.807) is 0 Å². The summed E-state index contributed by atoms with van der Waals surface area (Å²) in [5.74, 6) is 0. The molecule has 52 heavy (non-hydrogen) atoms. The molecule has 2 aliphatic rings. The Labute approximate surface area is 302 Å². The first-order chi connectivity index (χ1) is 25.8. The Kier molecular flexibility index (Phi) is 6.17. The van der Waals surface area contributed by atoms with Gasteiger partial charge in [-0.1, -0.05) is 121 Å². The van der Waals surface area contributed by atoms with E-state index in [4.69, 9.17) is 4.42 Å². The lowest BCUT2D eigenvalue weighted by Gasteiger charge is -2.44. The molecule has 2 heterocycles. The molecule has 0 saturated carbocycles. The highest BCUT2D eigenvalue weighted by Crippen LogP contribution is 2.65. The molecule has 3 heteroatoms. The van der Waals surface area contributed by atoms with Crippen molar-refractivity contribution in [2.24, 2.45) is 0 Å². The van der Waals surface area contributed by atoms with E-state index in [2.05, 4.69) is 192 Å². The van der Waals surface area contributed by atoms with E-state index in [0.717, 1.165) is 44.7 Å². The monoisotopic (exact) mass is 664 g/mol. The number of para-hydroxylation sites is 4. The molecular formula is C49H32N2O. The Hall–Kier alpha value is -6.84. The van der Waals surface area contributed by atoms with Crippen LogP contribution in [0.25, 0.3) is 33.1 Å². The van der Waals surface area contributed by atoms with Crippen LogP contribution in [0.3, 0.4) is 0 Å². The third-order valence-corrected chi connectivity index (χ3v) is 11.0. The fraction of sp³-hybridized carbons (Fsp3) is 0.0204. The van der Waals surface area contributed by atoms with E-state index in [9.17, 15) is 0 Å². The maximum atomic E-state index is 6.41. The zero-order valence-corrected chi connectivity index (χ0v) is 28.3. The van der Waals surface area contributed by atoms with Crippen LogP contribution < -0.4 is 9.80 Å². The predicted octanol–water partition coefficient (Wildman–Crippen LogP) is 13.2. The zero-order chi connectivity index (χ0) is 34.2. The normalized spacial score (nSPS) is 15.3. The summed E-state index contributed by atoms with van der Waals surface area (Å²) < 4.78 is 6.41. The molecule has 8 aromatic carbocycles. The first kappa shape index (κ1) is 28.9. The largest absolute Gasteiger partial charge is 0.456 e. The molecule has 1 unspecified atom stereocenters. The minimum Gasteiger partial charge on any atom is -0.456 e. The SMILES string of the molecule is c1ccc(N(c2ccc3c(c2)C2(c4ccccc4)c4ccccc4N(c4ccccc4)c4cccc-3c42)c2ccc3c(c2)oc2ccccc23)cc1. The molecule has 9 aromatic rings. The Bertz CT molecular complexity index is 2810. The number of anilines is 6. The molecule has 1 atom stereocenters. The van der Waals surface area contributed by atoms with Crippen LogP contribution in [0.2, 0.25) is 0 Å². The highest BCUT2D eigenvalue weighted by atomic mass is 16.3. The molecule has 0 radical (unpaired) electrons. The zero-order valence-electron chi connectivity index (χ0n) is 28.3. The van der Waals surface area contributed by atoms with E-state index in [0.29, 0.717) is 0 Å². The van der Waals surface area contributed by atoms with Gasteiger partial charge in [-0.25, -0.2) is 0 Å². The molecule has 0 fully saturated rings. The average molecular weight is 665 g/mol. The summed E-state index contributed by atoms with van der Waals surface area (Å²) >= 11 is 0. The molecule has 0 spiro atoms. The Morgan fingerprint density at radius 1 is 0.423 bits per heavy atom. The number of hydrogen-bond donors (Lipinski definition) is 0. The molecule has 1 aromatic heterocycles. The van der Waals surface area contributed by atoms with Crippen molar-refractivity contribution in [2.75, 3.05) is 9.80 Å². The van der Waals surface area contributed by atoms with Crippen molar-refractivity contribution in [1.29, 1.82) is 0 Å². The molecule has 0 N–H and O–H groups in total. The van der Waals surface area contributed by atoms with Gasteiger partial charge in [0.1, 0.15) is 11.2 Å². The van der Waals surface area contributed by atoms with Crippen molar-refractivity contribution in [2.45, 2.75) is 5.41 Å². The summed E-state index contributed by atoms with van der Waals surface area (Å²) in [5.41, 5.74) is 15.7. The smallest absolute Gasteiger partial charge is 0.137 e. The third kappa shape index (κ3) is 3.96. The van der Waals surface area contributed by atoms with Crippen molar-refractivity contribution in [3.63, 3.8) is 0 Å². The number of nitrogens with zero attached hydrogens (tertiary/aromatic N) is 2. The van der Waals surface area contributed by atoms with Crippen LogP contribution in [0.4, 0.5) is 34.1 Å². The van der Waals surface area contributed by atoms with Gasteiger partial charge in [0.05, 0.1) is 16.8 Å². The second-order valence-corrected chi connectivity index (χ2v) is 13.7. The fourth-order valence-electron chi connectivity index (χ4n) is 8.97. The quantitative estimate of drug-likeness (QED) is 0.183. The topological polar surface area (TPSA) is 19.6 Å². The van der Waals surface area contributed by atoms with Crippen LogP contribution in [-0.4, -0.2) is 0 Å². The molecular weight excluding hydrogens is 633 g/mol. The van der Waals surface area contributed by atoms with Crippen LogP contribution >= 0.6 is 0 Å². The van der Waals surface area contributed by atoms with Gasteiger partial charge in [-0.2, -0.15) is 0 Å². The third-order valence-electron chi connectivity index (χ3n) is 11.0. The van der Waals surface area contributed by atoms with Crippen molar-refractivity contribution >= 4 is 56.1 Å². The summed E-state index contributed by atoms with van der Waals surface area (Å²) in [6.45, 7) is 0. The highest BCUT2D eigenvalue weighted by Gasteiger charge is 2.52. The van der Waals surface area contributed by atoms with Crippen molar-refractivity contribution in [1.82, 2.24) is 0 Å². The second kappa shape index (κ2) is 11.1. The van der Waals surface area contributed by atoms with Gasteiger partial charge in [-0.3, -0.25) is 0 Å². The molecule has 244 valence electrons. The number of hydrogen-bond acceptors (Lipinski definition) is 3. The van der Waals surface area contributed by atoms with Crippen LogP contribution in [0.5, 0.6) is 0 Å². The molecule has 1 aliphatic carbocycles. The first-order valence-electron chi connectivity index (χ1n) is 17.9. The molecule has 0 saturated heterocycles. The Balaban J connectivity index is 1.20. The lowest BCUT2D eigenvalue weighted by atomic mass is 9.65. The fourth-order valence-corrected chi connectivity index (χ4v) is 8.97. The number of furan rings is 1. The van der Waals surface area contributed by atoms with Crippen LogP contribution in [-0.2, 0) is 5.41 Å². The standard InChI is InChI=1S/C49H32N2O/c1-4-15-33(16-5-1)49-42-23-11-12-24-44(42)51(35-19-8-3-9-20-35)45-25-14-22-41(48(45)49)38-29-27-36(31-43(38)49)50(34-17-6-2-7-18-34)37-28-30-40-39-21-10-13-26-46(39)52-47(40)32-37/h1-32H.